The fourth-order valence-electron chi connectivity index (χ4n) is 7.31. The van der Waals surface area contributed by atoms with Crippen molar-refractivity contribution in [2.45, 2.75) is 149 Å². The molecule has 0 bridgehead atoms. The van der Waals surface area contributed by atoms with Gasteiger partial charge in [-0.1, -0.05) is 61.8 Å². The monoisotopic (exact) mass is 746 g/mol. The minimum absolute atomic E-state index is 0.0173. The van der Waals surface area contributed by atoms with Crippen molar-refractivity contribution in [3.63, 3.8) is 0 Å². The number of nitrogens with two attached hydrogens (primary N) is 1. The van der Waals surface area contributed by atoms with Crippen molar-refractivity contribution in [3.05, 3.63) is 0 Å². The van der Waals surface area contributed by atoms with Gasteiger partial charge in [-0.05, 0) is 62.2 Å². The second-order valence-corrected chi connectivity index (χ2v) is 16.1. The first kappa shape index (κ1) is 43.2. The first-order valence-corrected chi connectivity index (χ1v) is 19.3. The summed E-state index contributed by atoms with van der Waals surface area (Å²) in [4.78, 5) is 112. The molecule has 3 aliphatic heterocycles. The summed E-state index contributed by atoms with van der Waals surface area (Å²) in [7, 11) is 0. The molecule has 0 unspecified atom stereocenters. The van der Waals surface area contributed by atoms with Crippen LogP contribution in [0.25, 0.3) is 0 Å². The third kappa shape index (κ3) is 11.4. The summed E-state index contributed by atoms with van der Waals surface area (Å²) in [5.41, 5.74) is 5.48. The van der Waals surface area contributed by atoms with Crippen molar-refractivity contribution in [2.24, 2.45) is 29.4 Å². The fourth-order valence-corrected chi connectivity index (χ4v) is 7.31. The van der Waals surface area contributed by atoms with Gasteiger partial charge in [-0.2, -0.15) is 0 Å². The summed E-state index contributed by atoms with van der Waals surface area (Å²) in [6.07, 6.45) is 2.10. The summed E-state index contributed by atoms with van der Waals surface area (Å²) < 4.78 is 0. The van der Waals surface area contributed by atoms with Crippen molar-refractivity contribution < 1.29 is 38.4 Å². The van der Waals surface area contributed by atoms with Gasteiger partial charge in [-0.15, -0.1) is 0 Å². The molecule has 0 radical (unpaired) electrons. The Labute approximate surface area is 313 Å². The van der Waals surface area contributed by atoms with Gasteiger partial charge in [0, 0.05) is 13.1 Å². The molecule has 0 aromatic carbocycles. The van der Waals surface area contributed by atoms with E-state index in [1.165, 1.54) is 9.80 Å². The molecule has 3 heterocycles. The molecular weight excluding hydrogens is 684 g/mol. The van der Waals surface area contributed by atoms with E-state index < -0.39 is 102 Å². The molecule has 8 atom stereocenters. The average Bonchev–Trinajstić information content (AvgIpc) is 3.77. The SMILES string of the molecule is CC[C@H](C)[C@@H]1NC(=O)[C@H](C(C)C)NC(=O)[C@H](CC(N)=O)NC(=O)[C@@H]2CCCN2C(=O)[C@H](CC(C)C)NC(=O)[C@H](CC(C)C)NC(=O)[C@@H]2CCCN2C1=O. The minimum Gasteiger partial charge on any atom is -0.370 e. The second kappa shape index (κ2) is 19.2. The highest BCUT2D eigenvalue weighted by atomic mass is 16.2. The van der Waals surface area contributed by atoms with Gasteiger partial charge in [-0.25, -0.2) is 0 Å². The fraction of sp³-hybridized carbons (Fsp3) is 0.784. The molecule has 16 heteroatoms. The highest BCUT2D eigenvalue weighted by Gasteiger charge is 2.43. The lowest BCUT2D eigenvalue weighted by Gasteiger charge is -2.33. The van der Waals surface area contributed by atoms with Crippen molar-refractivity contribution in [2.75, 3.05) is 13.1 Å². The van der Waals surface area contributed by atoms with E-state index in [-0.39, 0.29) is 50.1 Å². The van der Waals surface area contributed by atoms with Gasteiger partial charge >= 0.3 is 0 Å². The number of hydrogen-bond acceptors (Lipinski definition) is 8. The molecule has 16 nitrogen and oxygen atoms in total. The molecule has 3 aliphatic rings. The molecule has 298 valence electrons. The number of carbonyl (C=O) groups excluding carboxylic acids is 8. The number of amides is 8. The van der Waals surface area contributed by atoms with Crippen LogP contribution in [0.1, 0.15) is 107 Å². The van der Waals surface area contributed by atoms with Gasteiger partial charge in [0.2, 0.25) is 47.3 Å². The van der Waals surface area contributed by atoms with Gasteiger partial charge in [0.25, 0.3) is 0 Å². The quantitative estimate of drug-likeness (QED) is 0.189. The Kier molecular flexibility index (Phi) is 15.6. The zero-order chi connectivity index (χ0) is 39.7. The summed E-state index contributed by atoms with van der Waals surface area (Å²) in [6, 6.07) is -7.61. The van der Waals surface area contributed by atoms with Crippen molar-refractivity contribution in [3.8, 4) is 0 Å². The van der Waals surface area contributed by atoms with E-state index in [1.54, 1.807) is 20.8 Å². The zero-order valence-corrected chi connectivity index (χ0v) is 32.7. The molecule has 3 rings (SSSR count). The standard InChI is InChI=1S/C37H62N8O8/c1-9-22(8)30-37(53)45-15-11-13-27(45)34(50)39-23(16-19(2)3)31(47)41-25(17-20(4)5)36(52)44-14-10-12-26(44)33(49)40-24(18-28(38)46)32(48)42-29(21(6)7)35(51)43-30/h19-27,29-30H,9-18H2,1-8H3,(H2,38,46)(H,39,50)(H,40,49)(H,41,47)(H,42,48)(H,43,51)/t22-,23-,24-,25-,26-,27-,29-,30-/m0/s1. The van der Waals surface area contributed by atoms with Gasteiger partial charge in [0.05, 0.1) is 6.42 Å². The summed E-state index contributed by atoms with van der Waals surface area (Å²) in [5, 5.41) is 13.8. The van der Waals surface area contributed by atoms with E-state index in [0.29, 0.717) is 25.7 Å². The van der Waals surface area contributed by atoms with Crippen LogP contribution in [0.2, 0.25) is 0 Å². The normalized spacial score (nSPS) is 29.2. The highest BCUT2D eigenvalue weighted by molar-refractivity contribution is 5.99. The predicted octanol–water partition coefficient (Wildman–Crippen LogP) is 0.0757. The zero-order valence-electron chi connectivity index (χ0n) is 32.7. The second-order valence-electron chi connectivity index (χ2n) is 16.1. The summed E-state index contributed by atoms with van der Waals surface area (Å²) >= 11 is 0. The number of carbonyl (C=O) groups is 8. The number of hydrogen-bond donors (Lipinski definition) is 6. The lowest BCUT2D eigenvalue weighted by molar-refractivity contribution is -0.144. The Balaban J connectivity index is 2.12. The van der Waals surface area contributed by atoms with Gasteiger partial charge in [-0.3, -0.25) is 38.4 Å². The van der Waals surface area contributed by atoms with Crippen LogP contribution in [0.5, 0.6) is 0 Å². The Bertz CT molecular complexity index is 1390. The molecule has 3 fully saturated rings. The van der Waals surface area contributed by atoms with E-state index in [0.717, 1.165) is 0 Å². The van der Waals surface area contributed by atoms with E-state index in [4.69, 9.17) is 5.73 Å². The van der Waals surface area contributed by atoms with E-state index in [1.807, 2.05) is 34.6 Å². The van der Waals surface area contributed by atoms with Crippen LogP contribution < -0.4 is 32.3 Å². The van der Waals surface area contributed by atoms with Crippen LogP contribution >= 0.6 is 0 Å². The summed E-state index contributed by atoms with van der Waals surface area (Å²) in [6.45, 7) is 15.2. The number of nitrogens with one attached hydrogen (secondary N) is 5. The molecule has 53 heavy (non-hydrogen) atoms. The Hall–Kier alpha value is -4.24. The van der Waals surface area contributed by atoms with Crippen molar-refractivity contribution in [1.82, 2.24) is 36.4 Å². The molecule has 0 aromatic heterocycles. The van der Waals surface area contributed by atoms with Crippen LogP contribution in [0.3, 0.4) is 0 Å². The van der Waals surface area contributed by atoms with Crippen molar-refractivity contribution in [1.29, 1.82) is 0 Å². The van der Waals surface area contributed by atoms with E-state index >= 15 is 0 Å². The Morgan fingerprint density at radius 1 is 0.623 bits per heavy atom. The number of fused-ring (bicyclic) bond motifs is 2. The lowest BCUT2D eigenvalue weighted by Crippen LogP contribution is -2.61. The molecule has 3 saturated heterocycles. The topological polar surface area (TPSA) is 229 Å². The maximum absolute atomic E-state index is 14.2. The predicted molar refractivity (Wildman–Crippen MR) is 196 cm³/mol. The first-order chi connectivity index (χ1) is 24.9. The van der Waals surface area contributed by atoms with E-state index in [2.05, 4.69) is 26.6 Å². The maximum Gasteiger partial charge on any atom is 0.246 e. The first-order valence-electron chi connectivity index (χ1n) is 19.3. The minimum atomic E-state index is -1.46. The number of rotatable bonds is 9. The molecule has 0 saturated carbocycles. The molecule has 8 amide bonds. The smallest absolute Gasteiger partial charge is 0.246 e. The van der Waals surface area contributed by atoms with Crippen LogP contribution in [0, 0.1) is 23.7 Å². The molecule has 0 aromatic rings. The van der Waals surface area contributed by atoms with Crippen LogP contribution in [-0.4, -0.2) is 112 Å². The Morgan fingerprint density at radius 2 is 1.08 bits per heavy atom. The Morgan fingerprint density at radius 3 is 1.57 bits per heavy atom. The van der Waals surface area contributed by atoms with E-state index in [9.17, 15) is 38.4 Å². The molecule has 7 N–H and O–H groups in total. The third-order valence-corrected chi connectivity index (χ3v) is 10.4. The molecular formula is C37H62N8O8. The molecule has 0 aliphatic carbocycles. The average molecular weight is 747 g/mol. The largest absolute Gasteiger partial charge is 0.370 e. The van der Waals surface area contributed by atoms with Gasteiger partial charge in [0.15, 0.2) is 0 Å². The number of nitrogens with zero attached hydrogens (tertiary/aromatic N) is 2. The van der Waals surface area contributed by atoms with Crippen LogP contribution in [0.4, 0.5) is 0 Å². The highest BCUT2D eigenvalue weighted by Crippen LogP contribution is 2.24. The van der Waals surface area contributed by atoms with Gasteiger partial charge in [0.1, 0.15) is 42.3 Å². The number of primary amides is 1. The lowest BCUT2D eigenvalue weighted by atomic mass is 9.95. The third-order valence-electron chi connectivity index (χ3n) is 10.4. The maximum atomic E-state index is 14.2. The summed E-state index contributed by atoms with van der Waals surface area (Å²) in [5.74, 6) is -5.94. The van der Waals surface area contributed by atoms with Gasteiger partial charge < -0.3 is 42.1 Å². The van der Waals surface area contributed by atoms with Crippen molar-refractivity contribution >= 4 is 47.3 Å². The molecule has 0 spiro atoms. The van der Waals surface area contributed by atoms with Crippen LogP contribution in [0.15, 0.2) is 0 Å². The van der Waals surface area contributed by atoms with Crippen LogP contribution in [-0.2, 0) is 38.4 Å².